The van der Waals surface area contributed by atoms with Gasteiger partial charge in [-0.15, -0.1) is 0 Å². The maximum absolute atomic E-state index is 5.53. The lowest BCUT2D eigenvalue weighted by atomic mass is 10.0. The first-order valence-electron chi connectivity index (χ1n) is 7.64. The van der Waals surface area contributed by atoms with Crippen LogP contribution in [0.25, 0.3) is 10.9 Å². The fraction of sp³-hybridized carbons (Fsp3) is 0.263. The highest BCUT2D eigenvalue weighted by atomic mass is 79.9. The molecule has 1 aromatic heterocycles. The van der Waals surface area contributed by atoms with Gasteiger partial charge >= 0.3 is 0 Å². The number of aromatic amines is 1. The minimum absolute atomic E-state index is 0.589. The summed E-state index contributed by atoms with van der Waals surface area (Å²) in [6.07, 6.45) is 0.757. The molecule has 2 aromatic carbocycles. The number of hydrogen-bond acceptors (Lipinski definition) is 3. The lowest BCUT2D eigenvalue weighted by Gasteiger charge is -2.17. The first-order chi connectivity index (χ1) is 11.6. The second kappa shape index (κ2) is 6.77. The zero-order chi connectivity index (χ0) is 17.3. The van der Waals surface area contributed by atoms with Crippen LogP contribution in [0, 0.1) is 6.92 Å². The molecule has 0 unspecified atom stereocenters. The van der Waals surface area contributed by atoms with Crippen molar-refractivity contribution in [2.75, 3.05) is 21.3 Å². The van der Waals surface area contributed by atoms with Crippen LogP contribution in [0.15, 0.2) is 34.8 Å². The quantitative estimate of drug-likeness (QED) is 0.677. The van der Waals surface area contributed by atoms with Crippen molar-refractivity contribution < 1.29 is 14.2 Å². The fourth-order valence-electron chi connectivity index (χ4n) is 3.05. The van der Waals surface area contributed by atoms with Gasteiger partial charge in [0.2, 0.25) is 5.75 Å². The molecule has 0 amide bonds. The first kappa shape index (κ1) is 16.7. The number of aryl methyl sites for hydroxylation is 1. The van der Waals surface area contributed by atoms with E-state index in [0.717, 1.165) is 27.7 Å². The molecule has 0 radical (unpaired) electrons. The first-order valence-corrected chi connectivity index (χ1v) is 8.43. The Kier molecular flexibility index (Phi) is 4.71. The average molecular weight is 390 g/mol. The van der Waals surface area contributed by atoms with Gasteiger partial charge in [-0.3, -0.25) is 0 Å². The predicted octanol–water partition coefficient (Wildman–Crippen LogP) is 4.86. The molecule has 1 heterocycles. The highest BCUT2D eigenvalue weighted by Crippen LogP contribution is 2.45. The lowest BCUT2D eigenvalue weighted by Crippen LogP contribution is -2.00. The molecule has 0 saturated carbocycles. The van der Waals surface area contributed by atoms with Crippen molar-refractivity contribution >= 4 is 26.8 Å². The molecule has 0 spiro atoms. The average Bonchev–Trinajstić information content (AvgIpc) is 2.91. The zero-order valence-electron chi connectivity index (χ0n) is 14.2. The summed E-state index contributed by atoms with van der Waals surface area (Å²) in [7, 11) is 4.87. The number of fused-ring (bicyclic) bond motifs is 1. The Morgan fingerprint density at radius 1 is 1.00 bits per heavy atom. The van der Waals surface area contributed by atoms with E-state index in [9.17, 15) is 0 Å². The third-order valence-electron chi connectivity index (χ3n) is 4.24. The monoisotopic (exact) mass is 389 g/mol. The minimum Gasteiger partial charge on any atom is -0.493 e. The molecule has 3 aromatic rings. The van der Waals surface area contributed by atoms with Crippen molar-refractivity contribution in [2.24, 2.45) is 0 Å². The molecule has 0 aliphatic rings. The van der Waals surface area contributed by atoms with Crippen molar-refractivity contribution in [1.29, 1.82) is 0 Å². The number of aromatic nitrogens is 1. The van der Waals surface area contributed by atoms with Crippen LogP contribution in [0.3, 0.4) is 0 Å². The molecule has 1 N–H and O–H groups in total. The molecule has 0 bridgehead atoms. The summed E-state index contributed by atoms with van der Waals surface area (Å²) in [5.41, 5.74) is 4.66. The normalized spacial score (nSPS) is 10.9. The minimum atomic E-state index is 0.589. The fourth-order valence-corrected chi connectivity index (χ4v) is 3.65. The Balaban J connectivity index is 2.14. The van der Waals surface area contributed by atoms with Crippen LogP contribution in [0.5, 0.6) is 17.2 Å². The summed E-state index contributed by atoms with van der Waals surface area (Å²) < 4.78 is 17.3. The summed E-state index contributed by atoms with van der Waals surface area (Å²) in [6.45, 7) is 2.10. The topological polar surface area (TPSA) is 43.5 Å². The van der Waals surface area contributed by atoms with Gasteiger partial charge < -0.3 is 19.2 Å². The number of ether oxygens (including phenoxy) is 3. The summed E-state index contributed by atoms with van der Waals surface area (Å²) in [5.74, 6) is 1.89. The number of halogens is 1. The van der Waals surface area contributed by atoms with Gasteiger partial charge in [0.15, 0.2) is 11.5 Å². The zero-order valence-corrected chi connectivity index (χ0v) is 15.8. The largest absolute Gasteiger partial charge is 0.493 e. The molecule has 4 nitrogen and oxygen atoms in total. The maximum atomic E-state index is 5.53. The van der Waals surface area contributed by atoms with Gasteiger partial charge in [-0.1, -0.05) is 18.2 Å². The molecule has 0 saturated heterocycles. The Morgan fingerprint density at radius 3 is 2.38 bits per heavy atom. The van der Waals surface area contributed by atoms with Gasteiger partial charge in [0.1, 0.15) is 0 Å². The number of hydrogen-bond donors (Lipinski definition) is 1. The number of para-hydroxylation sites is 1. The molecule has 0 aliphatic carbocycles. The predicted molar refractivity (Wildman–Crippen MR) is 99.6 cm³/mol. The number of nitrogens with one attached hydrogen (secondary N) is 1. The highest BCUT2D eigenvalue weighted by Gasteiger charge is 2.20. The number of benzene rings is 2. The molecule has 3 rings (SSSR count). The number of H-pyrrole nitrogens is 1. The molecular formula is C19H20BrNO3. The SMILES string of the molecule is COc1cc(Cc2c(C)[nH]c3ccccc23)c(Br)c(OC)c1OC. The smallest absolute Gasteiger partial charge is 0.204 e. The molecule has 126 valence electrons. The van der Waals surface area contributed by atoms with E-state index in [1.165, 1.54) is 10.9 Å². The van der Waals surface area contributed by atoms with E-state index in [1.807, 2.05) is 12.1 Å². The lowest BCUT2D eigenvalue weighted by molar-refractivity contribution is 0.322. The van der Waals surface area contributed by atoms with Crippen LogP contribution in [0.1, 0.15) is 16.8 Å². The molecule has 0 fully saturated rings. The Morgan fingerprint density at radius 2 is 1.71 bits per heavy atom. The maximum Gasteiger partial charge on any atom is 0.204 e. The summed E-state index contributed by atoms with van der Waals surface area (Å²) >= 11 is 3.66. The van der Waals surface area contributed by atoms with Crippen LogP contribution in [0.4, 0.5) is 0 Å². The van der Waals surface area contributed by atoms with E-state index in [-0.39, 0.29) is 0 Å². The molecule has 0 aliphatic heterocycles. The standard InChI is InChI=1S/C19H20BrNO3/c1-11-14(13-7-5-6-8-15(13)21-11)9-12-10-16(22-2)18(23-3)19(24-4)17(12)20/h5-8,10,21H,9H2,1-4H3. The summed E-state index contributed by atoms with van der Waals surface area (Å²) in [6, 6.07) is 10.3. The van der Waals surface area contributed by atoms with Crippen LogP contribution < -0.4 is 14.2 Å². The van der Waals surface area contributed by atoms with Crippen molar-refractivity contribution in [1.82, 2.24) is 4.98 Å². The molecule has 5 heteroatoms. The van der Waals surface area contributed by atoms with E-state index in [1.54, 1.807) is 21.3 Å². The van der Waals surface area contributed by atoms with Crippen molar-refractivity contribution in [3.63, 3.8) is 0 Å². The van der Waals surface area contributed by atoms with E-state index in [2.05, 4.69) is 46.0 Å². The van der Waals surface area contributed by atoms with E-state index in [4.69, 9.17) is 14.2 Å². The van der Waals surface area contributed by atoms with Crippen LogP contribution in [-0.4, -0.2) is 26.3 Å². The highest BCUT2D eigenvalue weighted by molar-refractivity contribution is 9.10. The van der Waals surface area contributed by atoms with Crippen LogP contribution >= 0.6 is 15.9 Å². The van der Waals surface area contributed by atoms with Gasteiger partial charge in [-0.25, -0.2) is 0 Å². The number of methoxy groups -OCH3 is 3. The molecule has 0 atom stereocenters. The van der Waals surface area contributed by atoms with Crippen molar-refractivity contribution in [2.45, 2.75) is 13.3 Å². The van der Waals surface area contributed by atoms with Crippen LogP contribution in [-0.2, 0) is 6.42 Å². The van der Waals surface area contributed by atoms with Gasteiger partial charge in [-0.2, -0.15) is 0 Å². The molecule has 24 heavy (non-hydrogen) atoms. The van der Waals surface area contributed by atoms with Crippen molar-refractivity contribution in [3.05, 3.63) is 51.6 Å². The van der Waals surface area contributed by atoms with Gasteiger partial charge in [-0.05, 0) is 46.1 Å². The van der Waals surface area contributed by atoms with E-state index in [0.29, 0.717) is 17.2 Å². The van der Waals surface area contributed by atoms with Gasteiger partial charge in [0.05, 0.1) is 25.8 Å². The Labute approximate surface area is 149 Å². The second-order valence-corrected chi connectivity index (χ2v) is 6.36. The van der Waals surface area contributed by atoms with Crippen molar-refractivity contribution in [3.8, 4) is 17.2 Å². The Bertz CT molecular complexity index is 886. The van der Waals surface area contributed by atoms with Gasteiger partial charge in [0.25, 0.3) is 0 Å². The third kappa shape index (κ3) is 2.73. The number of rotatable bonds is 5. The summed E-state index contributed by atoms with van der Waals surface area (Å²) in [5, 5.41) is 1.23. The molecular weight excluding hydrogens is 370 g/mol. The summed E-state index contributed by atoms with van der Waals surface area (Å²) in [4.78, 5) is 3.44. The Hall–Kier alpha value is -2.14. The van der Waals surface area contributed by atoms with Crippen LogP contribution in [0.2, 0.25) is 0 Å². The van der Waals surface area contributed by atoms with Gasteiger partial charge in [0, 0.05) is 23.0 Å². The van der Waals surface area contributed by atoms with E-state index >= 15 is 0 Å². The van der Waals surface area contributed by atoms with E-state index < -0.39 is 0 Å². The second-order valence-electron chi connectivity index (χ2n) is 5.57. The third-order valence-corrected chi connectivity index (χ3v) is 5.11.